The standard InChI is InChI=1S/C48H78O16/c1-24-21-59-40(37(56)34(24)53)63-33-11-12-44(4)31(45(33,5)23-50)10-13-47(7)32(44)9-8-25-26-19-43(2,3)14-16-48(26,17-15-46(25,47)6)42(58)64-41-38(57)36(55)35(54)30(62-41)22-60-39-28(52)18-27(51)29(20-49)61-39/h8,24,26-41,49-57H,9-23H2,1-7H3. The third kappa shape index (κ3) is 7.77. The summed E-state index contributed by atoms with van der Waals surface area (Å²) in [5.74, 6) is -0.498. The van der Waals surface area contributed by atoms with Crippen LogP contribution in [0.1, 0.15) is 119 Å². The number of aliphatic hydroxyl groups is 9. The van der Waals surface area contributed by atoms with Crippen molar-refractivity contribution < 1.29 is 79.2 Å². The molecule has 22 atom stereocenters. The van der Waals surface area contributed by atoms with Gasteiger partial charge in [0.1, 0.15) is 42.7 Å². The number of carbonyl (C=O) groups is 1. The molecule has 16 nitrogen and oxygen atoms in total. The number of rotatable bonds is 9. The van der Waals surface area contributed by atoms with Gasteiger partial charge in [-0.2, -0.15) is 0 Å². The van der Waals surface area contributed by atoms with Crippen LogP contribution in [0.3, 0.4) is 0 Å². The smallest absolute Gasteiger partial charge is 0.315 e. The number of allylic oxidation sites excluding steroid dienone is 2. The minimum atomic E-state index is -1.76. The minimum Gasteiger partial charge on any atom is -0.432 e. The van der Waals surface area contributed by atoms with Crippen molar-refractivity contribution in [3.63, 3.8) is 0 Å². The first-order valence-electron chi connectivity index (χ1n) is 24.1. The van der Waals surface area contributed by atoms with Crippen molar-refractivity contribution in [2.45, 2.75) is 199 Å². The number of aliphatic hydroxyl groups excluding tert-OH is 9. The average molecular weight is 911 g/mol. The molecule has 3 heterocycles. The van der Waals surface area contributed by atoms with Crippen LogP contribution in [0.2, 0.25) is 0 Å². The Morgan fingerprint density at radius 1 is 0.750 bits per heavy atom. The molecular formula is C48H78O16. The number of esters is 1. The zero-order valence-electron chi connectivity index (χ0n) is 38.9. The summed E-state index contributed by atoms with van der Waals surface area (Å²) in [7, 11) is 0. The van der Waals surface area contributed by atoms with E-state index < -0.39 is 104 Å². The molecule has 0 aromatic rings. The molecule has 8 rings (SSSR count). The van der Waals surface area contributed by atoms with Crippen LogP contribution in [0.4, 0.5) is 0 Å². The molecule has 22 unspecified atom stereocenters. The molecule has 16 heteroatoms. The minimum absolute atomic E-state index is 0.0691. The van der Waals surface area contributed by atoms with E-state index in [2.05, 4.69) is 47.6 Å². The lowest BCUT2D eigenvalue weighted by Gasteiger charge is -2.71. The zero-order valence-corrected chi connectivity index (χ0v) is 38.9. The second-order valence-corrected chi connectivity index (χ2v) is 23.2. The van der Waals surface area contributed by atoms with Crippen LogP contribution >= 0.6 is 0 Å². The lowest BCUT2D eigenvalue weighted by Crippen LogP contribution is -2.67. The summed E-state index contributed by atoms with van der Waals surface area (Å²) < 4.78 is 35.8. The van der Waals surface area contributed by atoms with Gasteiger partial charge in [-0.15, -0.1) is 0 Å². The summed E-state index contributed by atoms with van der Waals surface area (Å²) in [6, 6.07) is 0. The Morgan fingerprint density at radius 2 is 1.44 bits per heavy atom. The Bertz CT molecular complexity index is 1730. The van der Waals surface area contributed by atoms with Crippen LogP contribution in [0.25, 0.3) is 0 Å². The van der Waals surface area contributed by atoms with Crippen LogP contribution in [-0.4, -0.2) is 158 Å². The maximum absolute atomic E-state index is 14.9. The zero-order chi connectivity index (χ0) is 46.5. The maximum atomic E-state index is 14.9. The number of hydrogen-bond donors (Lipinski definition) is 9. The molecule has 7 fully saturated rings. The molecule has 3 aliphatic heterocycles. The Morgan fingerprint density at radius 3 is 2.14 bits per heavy atom. The Labute approximate surface area is 377 Å². The van der Waals surface area contributed by atoms with E-state index in [9.17, 15) is 50.8 Å². The molecule has 9 N–H and O–H groups in total. The highest BCUT2D eigenvalue weighted by atomic mass is 16.7. The molecule has 0 radical (unpaired) electrons. The normalized spacial score (nSPS) is 53.8. The molecule has 0 amide bonds. The SMILES string of the molecule is CC1COC(OC2CCC3(C)C(CCC4(C)C3CC=C3C5CC(C)(C)CCC5(C(=O)OC5OC(COC6OC(CO)C(O)CC6O)C(O)C(O)C5O)CCC34C)C2(C)CO)C(O)C1O. The van der Waals surface area contributed by atoms with Gasteiger partial charge < -0.3 is 74.4 Å². The van der Waals surface area contributed by atoms with Crippen LogP contribution in [-0.2, 0) is 33.2 Å². The molecule has 0 bridgehead atoms. The molecule has 0 spiro atoms. The van der Waals surface area contributed by atoms with E-state index in [0.717, 1.165) is 44.9 Å². The topological polar surface area (TPSA) is 255 Å². The van der Waals surface area contributed by atoms with Gasteiger partial charge in [0.15, 0.2) is 12.6 Å². The summed E-state index contributed by atoms with van der Waals surface area (Å²) in [5, 5.41) is 96.0. The van der Waals surface area contributed by atoms with Crippen molar-refractivity contribution in [1.29, 1.82) is 0 Å². The predicted octanol–water partition coefficient (Wildman–Crippen LogP) is 2.06. The fourth-order valence-corrected chi connectivity index (χ4v) is 14.8. The van der Waals surface area contributed by atoms with Gasteiger partial charge in [0, 0.05) is 17.8 Å². The first kappa shape index (κ1) is 49.1. The number of carbonyl (C=O) groups excluding carboxylic acids is 1. The highest BCUT2D eigenvalue weighted by Gasteiger charge is 2.70. The monoisotopic (exact) mass is 911 g/mol. The lowest BCUT2D eigenvalue weighted by atomic mass is 9.33. The molecular weight excluding hydrogens is 833 g/mol. The molecule has 8 aliphatic rings. The Balaban J connectivity index is 1.02. The predicted molar refractivity (Wildman–Crippen MR) is 227 cm³/mol. The van der Waals surface area contributed by atoms with Crippen LogP contribution in [0, 0.1) is 56.2 Å². The molecule has 64 heavy (non-hydrogen) atoms. The molecule has 5 aliphatic carbocycles. The fourth-order valence-electron chi connectivity index (χ4n) is 14.8. The second kappa shape index (κ2) is 17.6. The van der Waals surface area contributed by atoms with Gasteiger partial charge in [-0.05, 0) is 104 Å². The third-order valence-electron chi connectivity index (χ3n) is 19.2. The molecule has 366 valence electrons. The van der Waals surface area contributed by atoms with Crippen molar-refractivity contribution >= 4 is 5.97 Å². The summed E-state index contributed by atoms with van der Waals surface area (Å²) >= 11 is 0. The van der Waals surface area contributed by atoms with E-state index >= 15 is 0 Å². The number of ether oxygens (including phenoxy) is 6. The maximum Gasteiger partial charge on any atom is 0.315 e. The van der Waals surface area contributed by atoms with Crippen molar-refractivity contribution in [1.82, 2.24) is 0 Å². The van der Waals surface area contributed by atoms with Gasteiger partial charge in [-0.1, -0.05) is 60.1 Å². The fraction of sp³-hybridized carbons (Fsp3) is 0.938. The van der Waals surface area contributed by atoms with Crippen LogP contribution in [0.5, 0.6) is 0 Å². The average Bonchev–Trinajstić information content (AvgIpc) is 3.25. The van der Waals surface area contributed by atoms with Gasteiger partial charge in [0.25, 0.3) is 0 Å². The van der Waals surface area contributed by atoms with Crippen molar-refractivity contribution in [2.75, 3.05) is 26.4 Å². The highest BCUT2D eigenvalue weighted by Crippen LogP contribution is 2.76. The molecule has 0 aromatic carbocycles. The third-order valence-corrected chi connectivity index (χ3v) is 19.2. The van der Waals surface area contributed by atoms with E-state index in [1.165, 1.54) is 5.57 Å². The summed E-state index contributed by atoms with van der Waals surface area (Å²) in [6.45, 7) is 15.0. The number of hydrogen-bond acceptors (Lipinski definition) is 16. The molecule has 3 saturated heterocycles. The largest absolute Gasteiger partial charge is 0.432 e. The second-order valence-electron chi connectivity index (χ2n) is 23.2. The highest BCUT2D eigenvalue weighted by molar-refractivity contribution is 5.79. The van der Waals surface area contributed by atoms with Crippen molar-refractivity contribution in [3.05, 3.63) is 11.6 Å². The van der Waals surface area contributed by atoms with Gasteiger partial charge in [0.2, 0.25) is 6.29 Å². The lowest BCUT2D eigenvalue weighted by molar-refractivity contribution is -0.318. The van der Waals surface area contributed by atoms with Gasteiger partial charge >= 0.3 is 5.97 Å². The Kier molecular flexibility index (Phi) is 13.5. The summed E-state index contributed by atoms with van der Waals surface area (Å²) in [5.41, 5.74) is -0.892. The van der Waals surface area contributed by atoms with Gasteiger partial charge in [-0.3, -0.25) is 4.79 Å². The first-order valence-corrected chi connectivity index (χ1v) is 24.1. The van der Waals surface area contributed by atoms with E-state index in [4.69, 9.17) is 28.4 Å². The first-order chi connectivity index (χ1) is 30.0. The van der Waals surface area contributed by atoms with Gasteiger partial charge in [-0.25, -0.2) is 0 Å². The molecule has 4 saturated carbocycles. The van der Waals surface area contributed by atoms with E-state index in [0.29, 0.717) is 19.3 Å². The number of fused-ring (bicyclic) bond motifs is 7. The van der Waals surface area contributed by atoms with Crippen molar-refractivity contribution in [3.8, 4) is 0 Å². The van der Waals surface area contributed by atoms with Crippen LogP contribution in [0.15, 0.2) is 11.6 Å². The summed E-state index contributed by atoms with van der Waals surface area (Å²) in [6.07, 6.45) is -6.31. The quantitative estimate of drug-likeness (QED) is 0.0912. The van der Waals surface area contributed by atoms with Crippen LogP contribution < -0.4 is 0 Å². The van der Waals surface area contributed by atoms with Crippen molar-refractivity contribution in [2.24, 2.45) is 56.2 Å². The van der Waals surface area contributed by atoms with E-state index in [1.54, 1.807) is 0 Å². The van der Waals surface area contributed by atoms with E-state index in [1.807, 2.05) is 6.92 Å². The molecule has 0 aromatic heterocycles. The van der Waals surface area contributed by atoms with Gasteiger partial charge in [0.05, 0.1) is 50.2 Å². The Hall–Kier alpha value is -1.35. The van der Waals surface area contributed by atoms with E-state index in [-0.39, 0.29) is 71.1 Å². The summed E-state index contributed by atoms with van der Waals surface area (Å²) in [4.78, 5) is 14.9.